The molecule has 5 heteroatoms. The molecular formula is C22H20N2O3. The Hall–Kier alpha value is -3.34. The number of carbonyl (C=O) groups is 1. The molecule has 1 unspecified atom stereocenters. The minimum atomic E-state index is -0.412. The number of para-hydroxylation sites is 1. The quantitative estimate of drug-likeness (QED) is 0.554. The second kappa shape index (κ2) is 7.11. The lowest BCUT2D eigenvalue weighted by Gasteiger charge is -2.17. The molecule has 0 aliphatic heterocycles. The molecule has 0 radical (unpaired) electrons. The van der Waals surface area contributed by atoms with Gasteiger partial charge in [0.25, 0.3) is 5.91 Å². The molecule has 0 spiro atoms. The highest BCUT2D eigenvalue weighted by atomic mass is 16.5. The first kappa shape index (κ1) is 17.1. The summed E-state index contributed by atoms with van der Waals surface area (Å²) in [7, 11) is 0. The van der Waals surface area contributed by atoms with Gasteiger partial charge in [0, 0.05) is 5.39 Å². The van der Waals surface area contributed by atoms with E-state index in [1.54, 1.807) is 6.92 Å². The van der Waals surface area contributed by atoms with E-state index in [2.05, 4.69) is 10.5 Å². The number of hydrogen-bond donors (Lipinski definition) is 1. The van der Waals surface area contributed by atoms with Crippen molar-refractivity contribution in [2.24, 2.45) is 0 Å². The number of hydrogen-bond acceptors (Lipinski definition) is 4. The van der Waals surface area contributed by atoms with Crippen LogP contribution in [0, 0.1) is 6.92 Å². The molecule has 2 heterocycles. The molecule has 2 aromatic heterocycles. The number of aromatic nitrogens is 1. The van der Waals surface area contributed by atoms with Crippen LogP contribution in [-0.4, -0.2) is 11.1 Å². The van der Waals surface area contributed by atoms with Crippen molar-refractivity contribution in [1.82, 2.24) is 10.5 Å². The van der Waals surface area contributed by atoms with Crippen molar-refractivity contribution in [3.8, 4) is 0 Å². The molecule has 2 aromatic carbocycles. The number of rotatable bonds is 5. The van der Waals surface area contributed by atoms with Gasteiger partial charge in [-0.1, -0.05) is 60.6 Å². The van der Waals surface area contributed by atoms with Gasteiger partial charge < -0.3 is 14.3 Å². The van der Waals surface area contributed by atoms with Gasteiger partial charge in [0.05, 0.1) is 5.69 Å². The number of carbonyl (C=O) groups excluding carboxylic acids is 1. The van der Waals surface area contributed by atoms with Crippen LogP contribution < -0.4 is 5.32 Å². The van der Waals surface area contributed by atoms with Gasteiger partial charge in [-0.2, -0.15) is 0 Å². The summed E-state index contributed by atoms with van der Waals surface area (Å²) in [6.45, 7) is 3.70. The minimum absolute atomic E-state index is 0.222. The molecule has 0 fully saturated rings. The predicted octanol–water partition coefficient (Wildman–Crippen LogP) is 4.81. The number of nitrogens with one attached hydrogen (secondary N) is 1. The van der Waals surface area contributed by atoms with Gasteiger partial charge in [-0.05, 0) is 31.0 Å². The van der Waals surface area contributed by atoms with Gasteiger partial charge in [-0.25, -0.2) is 0 Å². The molecule has 5 nitrogen and oxygen atoms in total. The summed E-state index contributed by atoms with van der Waals surface area (Å²) in [6, 6.07) is 19.1. The Labute approximate surface area is 157 Å². The molecule has 27 heavy (non-hydrogen) atoms. The van der Waals surface area contributed by atoms with Gasteiger partial charge in [0.15, 0.2) is 0 Å². The number of furan rings is 1. The summed E-state index contributed by atoms with van der Waals surface area (Å²) in [5, 5.41) is 8.08. The van der Waals surface area contributed by atoms with E-state index < -0.39 is 6.04 Å². The molecule has 0 aliphatic carbocycles. The van der Waals surface area contributed by atoms with Crippen molar-refractivity contribution in [3.63, 3.8) is 0 Å². The Morgan fingerprint density at radius 2 is 1.85 bits per heavy atom. The van der Waals surface area contributed by atoms with E-state index in [0.717, 1.165) is 16.5 Å². The van der Waals surface area contributed by atoms with Gasteiger partial charge in [-0.15, -0.1) is 0 Å². The first-order chi connectivity index (χ1) is 13.2. The summed E-state index contributed by atoms with van der Waals surface area (Å²) in [5.41, 5.74) is 2.88. The summed E-state index contributed by atoms with van der Waals surface area (Å²) in [6.07, 6.45) is 0.626. The zero-order chi connectivity index (χ0) is 18.8. The van der Waals surface area contributed by atoms with Gasteiger partial charge in [0.1, 0.15) is 28.7 Å². The molecule has 4 aromatic rings. The fraction of sp³-hybridized carbons (Fsp3) is 0.182. The van der Waals surface area contributed by atoms with Crippen LogP contribution in [0.1, 0.15) is 46.1 Å². The van der Waals surface area contributed by atoms with E-state index in [1.807, 2.05) is 67.6 Å². The van der Waals surface area contributed by atoms with Crippen molar-refractivity contribution in [2.75, 3.05) is 0 Å². The predicted molar refractivity (Wildman–Crippen MR) is 103 cm³/mol. The van der Waals surface area contributed by atoms with Crippen LogP contribution in [0.5, 0.6) is 0 Å². The molecule has 1 amide bonds. The fourth-order valence-electron chi connectivity index (χ4n) is 3.26. The van der Waals surface area contributed by atoms with E-state index in [0.29, 0.717) is 29.2 Å². The number of nitrogens with zero attached hydrogens (tertiary/aromatic N) is 1. The zero-order valence-electron chi connectivity index (χ0n) is 15.2. The Morgan fingerprint density at radius 3 is 2.59 bits per heavy atom. The first-order valence-electron chi connectivity index (χ1n) is 8.96. The van der Waals surface area contributed by atoms with Crippen LogP contribution in [0.15, 0.2) is 69.6 Å². The third-order valence-electron chi connectivity index (χ3n) is 4.63. The van der Waals surface area contributed by atoms with Crippen LogP contribution in [0.3, 0.4) is 0 Å². The largest absolute Gasteiger partial charge is 0.459 e. The SMILES string of the molecule is CCc1noc(C)c1C(=O)NC(c1ccccc1)c1cc2ccccc2o1. The molecule has 0 saturated carbocycles. The van der Waals surface area contributed by atoms with Gasteiger partial charge >= 0.3 is 0 Å². The lowest BCUT2D eigenvalue weighted by molar-refractivity contribution is 0.0937. The molecule has 0 aliphatic rings. The second-order valence-electron chi connectivity index (χ2n) is 6.42. The topological polar surface area (TPSA) is 68.3 Å². The zero-order valence-corrected chi connectivity index (χ0v) is 15.2. The lowest BCUT2D eigenvalue weighted by atomic mass is 10.0. The molecule has 1 N–H and O–H groups in total. The van der Waals surface area contributed by atoms with Crippen LogP contribution in [0.2, 0.25) is 0 Å². The average Bonchev–Trinajstić information content (AvgIpc) is 3.29. The van der Waals surface area contributed by atoms with Crippen molar-refractivity contribution in [1.29, 1.82) is 0 Å². The maximum atomic E-state index is 13.0. The van der Waals surface area contributed by atoms with Gasteiger partial charge in [-0.3, -0.25) is 4.79 Å². The van der Waals surface area contributed by atoms with Crippen LogP contribution in [0.4, 0.5) is 0 Å². The Bertz CT molecular complexity index is 1050. The van der Waals surface area contributed by atoms with E-state index in [1.165, 1.54) is 0 Å². The van der Waals surface area contributed by atoms with Gasteiger partial charge in [0.2, 0.25) is 0 Å². The maximum Gasteiger partial charge on any atom is 0.257 e. The molecular weight excluding hydrogens is 340 g/mol. The van der Waals surface area contributed by atoms with E-state index >= 15 is 0 Å². The normalized spacial score (nSPS) is 12.2. The number of benzene rings is 2. The summed E-state index contributed by atoms with van der Waals surface area (Å²) in [4.78, 5) is 13.0. The van der Waals surface area contributed by atoms with Crippen molar-refractivity contribution in [3.05, 3.63) is 89.0 Å². The van der Waals surface area contributed by atoms with E-state index in [-0.39, 0.29) is 5.91 Å². The summed E-state index contributed by atoms with van der Waals surface area (Å²) < 4.78 is 11.3. The summed E-state index contributed by atoms with van der Waals surface area (Å²) in [5.74, 6) is 0.976. The Balaban J connectivity index is 1.74. The third kappa shape index (κ3) is 3.24. The number of amides is 1. The van der Waals surface area contributed by atoms with Crippen LogP contribution in [0.25, 0.3) is 11.0 Å². The Kier molecular flexibility index (Phi) is 4.50. The highest BCUT2D eigenvalue weighted by Gasteiger charge is 2.25. The minimum Gasteiger partial charge on any atom is -0.459 e. The molecule has 4 rings (SSSR count). The molecule has 136 valence electrons. The number of fused-ring (bicyclic) bond motifs is 1. The lowest BCUT2D eigenvalue weighted by Crippen LogP contribution is -2.30. The maximum absolute atomic E-state index is 13.0. The smallest absolute Gasteiger partial charge is 0.257 e. The molecule has 1 atom stereocenters. The van der Waals surface area contributed by atoms with E-state index in [9.17, 15) is 4.79 Å². The van der Waals surface area contributed by atoms with Crippen LogP contribution in [-0.2, 0) is 6.42 Å². The molecule has 0 saturated heterocycles. The summed E-state index contributed by atoms with van der Waals surface area (Å²) >= 11 is 0. The average molecular weight is 360 g/mol. The number of aryl methyl sites for hydroxylation is 2. The monoisotopic (exact) mass is 360 g/mol. The first-order valence-corrected chi connectivity index (χ1v) is 8.96. The second-order valence-corrected chi connectivity index (χ2v) is 6.42. The molecule has 0 bridgehead atoms. The van der Waals surface area contributed by atoms with Crippen molar-refractivity contribution in [2.45, 2.75) is 26.3 Å². The standard InChI is InChI=1S/C22H20N2O3/c1-3-17-20(14(2)27-24-17)22(25)23-21(15-9-5-4-6-10-15)19-13-16-11-7-8-12-18(16)26-19/h4-13,21H,3H2,1-2H3,(H,23,25). The van der Waals surface area contributed by atoms with Crippen molar-refractivity contribution < 1.29 is 13.7 Å². The highest BCUT2D eigenvalue weighted by Crippen LogP contribution is 2.29. The fourth-order valence-corrected chi connectivity index (χ4v) is 3.26. The van der Waals surface area contributed by atoms with Crippen LogP contribution >= 0.6 is 0 Å². The third-order valence-corrected chi connectivity index (χ3v) is 4.63. The Morgan fingerprint density at radius 1 is 1.11 bits per heavy atom. The van der Waals surface area contributed by atoms with E-state index in [4.69, 9.17) is 8.94 Å². The van der Waals surface area contributed by atoms with Crippen molar-refractivity contribution >= 4 is 16.9 Å². The highest BCUT2D eigenvalue weighted by molar-refractivity contribution is 5.96.